The molecule has 1 N–H and O–H groups in total. The lowest BCUT2D eigenvalue weighted by molar-refractivity contribution is -0.126. The van der Waals surface area contributed by atoms with E-state index in [1.807, 2.05) is 30.5 Å². The van der Waals surface area contributed by atoms with Crippen LogP contribution in [-0.2, 0) is 16.1 Å². The predicted octanol–water partition coefficient (Wildman–Crippen LogP) is 2.35. The summed E-state index contributed by atoms with van der Waals surface area (Å²) in [5.74, 6) is 0.0266. The average molecular weight is 327 g/mol. The van der Waals surface area contributed by atoms with E-state index in [1.54, 1.807) is 0 Å². The fraction of sp³-hybridized carbons (Fsp3) is 0.474. The normalized spacial score (nSPS) is 18.9. The lowest BCUT2D eigenvalue weighted by atomic mass is 10.1. The summed E-state index contributed by atoms with van der Waals surface area (Å²) in [6.07, 6.45) is 2.21. The molecular weight excluding hydrogens is 302 g/mol. The van der Waals surface area contributed by atoms with Crippen LogP contribution in [0.25, 0.3) is 10.9 Å². The molecule has 0 bridgehead atoms. The number of carbonyl (C=O) groups is 1. The van der Waals surface area contributed by atoms with Gasteiger partial charge in [-0.25, -0.2) is 0 Å². The number of aromatic nitrogens is 1. The molecule has 0 saturated carbocycles. The minimum Gasteiger partial charge on any atom is -0.375 e. The van der Waals surface area contributed by atoms with Crippen LogP contribution >= 0.6 is 0 Å². The van der Waals surface area contributed by atoms with Crippen molar-refractivity contribution in [3.63, 3.8) is 0 Å². The minimum atomic E-state index is -0.0177. The Morgan fingerprint density at radius 1 is 1.42 bits per heavy atom. The maximum Gasteiger partial charge on any atom is 0.222 e. The summed E-state index contributed by atoms with van der Waals surface area (Å²) in [6.45, 7) is 7.31. The fourth-order valence-corrected chi connectivity index (χ4v) is 3.03. The molecule has 5 heteroatoms. The van der Waals surface area contributed by atoms with Gasteiger partial charge in [0.2, 0.25) is 5.91 Å². The number of amides is 1. The van der Waals surface area contributed by atoms with Crippen LogP contribution in [0.15, 0.2) is 36.5 Å². The number of rotatable bonds is 5. The summed E-state index contributed by atoms with van der Waals surface area (Å²) in [6, 6.07) is 10.5. The summed E-state index contributed by atoms with van der Waals surface area (Å²) < 4.78 is 5.72. The van der Waals surface area contributed by atoms with E-state index in [0.717, 1.165) is 29.6 Å². The van der Waals surface area contributed by atoms with Gasteiger partial charge in [0.15, 0.2) is 0 Å². The van der Waals surface area contributed by atoms with Crippen LogP contribution in [-0.4, -0.2) is 47.6 Å². The molecule has 1 atom stereocenters. The lowest BCUT2D eigenvalue weighted by Crippen LogP contribution is -2.47. The zero-order valence-corrected chi connectivity index (χ0v) is 14.4. The number of benzene rings is 1. The highest BCUT2D eigenvalue weighted by molar-refractivity contribution is 5.79. The van der Waals surface area contributed by atoms with Crippen LogP contribution in [0.4, 0.5) is 0 Å². The monoisotopic (exact) mass is 327 g/mol. The maximum atomic E-state index is 12.2. The molecule has 2 aromatic rings. The molecule has 0 spiro atoms. The van der Waals surface area contributed by atoms with Crippen LogP contribution in [0.2, 0.25) is 0 Å². The number of nitrogens with one attached hydrogen (secondary N) is 1. The van der Waals surface area contributed by atoms with Crippen LogP contribution in [0.1, 0.15) is 25.8 Å². The molecule has 1 aliphatic rings. The molecule has 0 aliphatic carbocycles. The van der Waals surface area contributed by atoms with Gasteiger partial charge in [0.1, 0.15) is 0 Å². The van der Waals surface area contributed by atoms with Crippen LogP contribution in [0.5, 0.6) is 0 Å². The molecule has 1 fully saturated rings. The lowest BCUT2D eigenvalue weighted by Gasteiger charge is -2.35. The second kappa shape index (κ2) is 7.73. The third-order valence-electron chi connectivity index (χ3n) is 4.45. The van der Waals surface area contributed by atoms with E-state index in [-0.39, 0.29) is 12.0 Å². The largest absolute Gasteiger partial charge is 0.375 e. The van der Waals surface area contributed by atoms with Crippen LogP contribution in [0, 0.1) is 0 Å². The molecule has 0 radical (unpaired) electrons. The third-order valence-corrected chi connectivity index (χ3v) is 4.45. The molecule has 5 nitrogen and oxygen atoms in total. The van der Waals surface area contributed by atoms with Crippen molar-refractivity contribution in [2.45, 2.75) is 39.0 Å². The molecule has 1 aromatic carbocycles. The van der Waals surface area contributed by atoms with E-state index >= 15 is 0 Å². The number of carbonyl (C=O) groups excluding carboxylic acids is 1. The van der Waals surface area contributed by atoms with Gasteiger partial charge in [0, 0.05) is 37.3 Å². The van der Waals surface area contributed by atoms with E-state index in [2.05, 4.69) is 35.1 Å². The number of nitrogens with zero attached hydrogens (tertiary/aromatic N) is 2. The number of ether oxygens (including phenoxy) is 1. The van der Waals surface area contributed by atoms with E-state index in [0.29, 0.717) is 25.6 Å². The van der Waals surface area contributed by atoms with Crippen molar-refractivity contribution in [3.05, 3.63) is 42.1 Å². The highest BCUT2D eigenvalue weighted by Crippen LogP contribution is 2.13. The van der Waals surface area contributed by atoms with Gasteiger partial charge >= 0.3 is 0 Å². The Balaban J connectivity index is 1.51. The summed E-state index contributed by atoms with van der Waals surface area (Å²) >= 11 is 0. The fourth-order valence-electron chi connectivity index (χ4n) is 3.03. The number of morpholine rings is 1. The van der Waals surface area contributed by atoms with Crippen LogP contribution in [0.3, 0.4) is 0 Å². The van der Waals surface area contributed by atoms with Gasteiger partial charge in [-0.2, -0.15) is 0 Å². The molecule has 2 heterocycles. The molecular formula is C19H25N3O2. The maximum absolute atomic E-state index is 12.2. The van der Waals surface area contributed by atoms with E-state index in [9.17, 15) is 4.79 Å². The SMILES string of the molecule is CC(C)N1CCO[C@H](CC(=O)NCc2cnc3ccccc3c2)C1. The summed E-state index contributed by atoms with van der Waals surface area (Å²) in [5, 5.41) is 4.07. The van der Waals surface area contributed by atoms with Crippen molar-refractivity contribution in [1.29, 1.82) is 0 Å². The van der Waals surface area contributed by atoms with Gasteiger partial charge in [-0.05, 0) is 31.5 Å². The van der Waals surface area contributed by atoms with Crippen molar-refractivity contribution in [3.8, 4) is 0 Å². The predicted molar refractivity (Wildman–Crippen MR) is 94.7 cm³/mol. The first-order valence-electron chi connectivity index (χ1n) is 8.58. The summed E-state index contributed by atoms with van der Waals surface area (Å²) in [7, 11) is 0. The Kier molecular flexibility index (Phi) is 5.43. The Morgan fingerprint density at radius 3 is 3.08 bits per heavy atom. The summed E-state index contributed by atoms with van der Waals surface area (Å²) in [5.41, 5.74) is 1.98. The number of fused-ring (bicyclic) bond motifs is 1. The first-order chi connectivity index (χ1) is 11.6. The van der Waals surface area contributed by atoms with Gasteiger partial charge in [0.05, 0.1) is 24.6 Å². The first kappa shape index (κ1) is 16.9. The summed E-state index contributed by atoms with van der Waals surface area (Å²) in [4.78, 5) is 19.0. The van der Waals surface area contributed by atoms with Gasteiger partial charge in [0.25, 0.3) is 0 Å². The van der Waals surface area contributed by atoms with Crippen molar-refractivity contribution in [2.75, 3.05) is 19.7 Å². The minimum absolute atomic E-state index is 0.0177. The highest BCUT2D eigenvalue weighted by Gasteiger charge is 2.24. The van der Waals surface area contributed by atoms with Crippen LogP contribution < -0.4 is 5.32 Å². The molecule has 1 saturated heterocycles. The van der Waals surface area contributed by atoms with Crippen molar-refractivity contribution in [1.82, 2.24) is 15.2 Å². The number of pyridine rings is 1. The number of hydrogen-bond donors (Lipinski definition) is 1. The Bertz CT molecular complexity index is 702. The van der Waals surface area contributed by atoms with Crippen molar-refractivity contribution >= 4 is 16.8 Å². The van der Waals surface area contributed by atoms with Crippen molar-refractivity contribution < 1.29 is 9.53 Å². The molecule has 24 heavy (non-hydrogen) atoms. The Hall–Kier alpha value is -1.98. The molecule has 0 unspecified atom stereocenters. The standard InChI is InChI=1S/C19H25N3O2/c1-14(2)22-7-8-24-17(13-22)10-19(23)21-12-15-9-16-5-3-4-6-18(16)20-11-15/h3-6,9,11,14,17H,7-8,10,12-13H2,1-2H3,(H,21,23)/t17-/m1/s1. The smallest absolute Gasteiger partial charge is 0.222 e. The highest BCUT2D eigenvalue weighted by atomic mass is 16.5. The molecule has 3 rings (SSSR count). The molecule has 128 valence electrons. The second-order valence-electron chi connectivity index (χ2n) is 6.60. The molecule has 1 aliphatic heterocycles. The van der Waals surface area contributed by atoms with Gasteiger partial charge in [-0.15, -0.1) is 0 Å². The Labute approximate surface area is 143 Å². The quantitative estimate of drug-likeness (QED) is 0.916. The van der Waals surface area contributed by atoms with Gasteiger partial charge < -0.3 is 10.1 Å². The average Bonchev–Trinajstić information content (AvgIpc) is 2.60. The molecule has 1 aromatic heterocycles. The van der Waals surface area contributed by atoms with E-state index in [1.165, 1.54) is 0 Å². The van der Waals surface area contributed by atoms with E-state index in [4.69, 9.17) is 4.74 Å². The topological polar surface area (TPSA) is 54.5 Å². The van der Waals surface area contributed by atoms with Gasteiger partial charge in [-0.3, -0.25) is 14.7 Å². The number of hydrogen-bond acceptors (Lipinski definition) is 4. The zero-order valence-electron chi connectivity index (χ0n) is 14.4. The third kappa shape index (κ3) is 4.30. The second-order valence-corrected chi connectivity index (χ2v) is 6.60. The van der Waals surface area contributed by atoms with E-state index < -0.39 is 0 Å². The van der Waals surface area contributed by atoms with Crippen molar-refractivity contribution in [2.24, 2.45) is 0 Å². The van der Waals surface area contributed by atoms with Gasteiger partial charge in [-0.1, -0.05) is 18.2 Å². The Morgan fingerprint density at radius 2 is 2.25 bits per heavy atom. The number of para-hydroxylation sites is 1. The zero-order chi connectivity index (χ0) is 16.9. The molecule has 1 amide bonds. The first-order valence-corrected chi connectivity index (χ1v) is 8.58.